The maximum atomic E-state index is 12.7. The van der Waals surface area contributed by atoms with Crippen LogP contribution in [0.3, 0.4) is 0 Å². The number of esters is 1. The molecule has 0 aliphatic heterocycles. The van der Waals surface area contributed by atoms with Gasteiger partial charge in [-0.25, -0.2) is 0 Å². The Bertz CT molecular complexity index is 514. The summed E-state index contributed by atoms with van der Waals surface area (Å²) in [6.07, 6.45) is 25.9. The first-order chi connectivity index (χ1) is 16.1. The Morgan fingerprint density at radius 3 is 1.67 bits per heavy atom. The SMILES string of the molecule is CC(=O)OCCCCCCCCCCCCCCC(=O)C1CCCCCCCCCCC1=O. The smallest absolute Gasteiger partial charge is 0.302 e. The van der Waals surface area contributed by atoms with Crippen molar-refractivity contribution in [3.63, 3.8) is 0 Å². The second-order valence-corrected chi connectivity index (χ2v) is 10.2. The van der Waals surface area contributed by atoms with Crippen LogP contribution >= 0.6 is 0 Å². The standard InChI is InChI=1S/C29H52O4/c1-26(30)33-25-21-17-13-9-5-3-2-4-6-11-15-19-23-28(31)27-22-18-14-10-7-8-12-16-20-24-29(27)32/h27H,2-25H2,1H3. The van der Waals surface area contributed by atoms with Crippen molar-refractivity contribution in [1.82, 2.24) is 0 Å². The van der Waals surface area contributed by atoms with E-state index >= 15 is 0 Å². The van der Waals surface area contributed by atoms with Gasteiger partial charge in [0.05, 0.1) is 12.5 Å². The molecule has 4 nitrogen and oxygen atoms in total. The lowest BCUT2D eigenvalue weighted by Gasteiger charge is -2.16. The van der Waals surface area contributed by atoms with Crippen LogP contribution in [0, 0.1) is 5.92 Å². The van der Waals surface area contributed by atoms with E-state index < -0.39 is 0 Å². The topological polar surface area (TPSA) is 60.4 Å². The summed E-state index contributed by atoms with van der Waals surface area (Å²) < 4.78 is 4.94. The minimum atomic E-state index is -0.300. The quantitative estimate of drug-likeness (QED) is 0.131. The summed E-state index contributed by atoms with van der Waals surface area (Å²) in [5.74, 6) is -0.0240. The minimum Gasteiger partial charge on any atom is -0.466 e. The molecule has 1 aliphatic rings. The van der Waals surface area contributed by atoms with Crippen LogP contribution in [0.1, 0.15) is 155 Å². The zero-order valence-corrected chi connectivity index (χ0v) is 21.7. The Kier molecular flexibility index (Phi) is 19.3. The van der Waals surface area contributed by atoms with E-state index in [2.05, 4.69) is 0 Å². The first-order valence-electron chi connectivity index (χ1n) is 14.3. The summed E-state index contributed by atoms with van der Waals surface area (Å²) in [7, 11) is 0. The molecule has 0 N–H and O–H groups in total. The van der Waals surface area contributed by atoms with Crippen LogP contribution in [0.5, 0.6) is 0 Å². The van der Waals surface area contributed by atoms with Gasteiger partial charge in [-0.3, -0.25) is 14.4 Å². The van der Waals surface area contributed by atoms with Crippen LogP contribution in [0.15, 0.2) is 0 Å². The third kappa shape index (κ3) is 17.9. The highest BCUT2D eigenvalue weighted by Crippen LogP contribution is 2.22. The molecule has 1 aliphatic carbocycles. The number of rotatable bonds is 16. The average molecular weight is 465 g/mol. The number of Topliss-reactive ketones (excluding diaryl/α,β-unsaturated/α-hetero) is 2. The van der Waals surface area contributed by atoms with Gasteiger partial charge in [-0.2, -0.15) is 0 Å². The first-order valence-corrected chi connectivity index (χ1v) is 14.3. The number of ether oxygens (including phenoxy) is 1. The molecule has 0 amide bonds. The molecule has 33 heavy (non-hydrogen) atoms. The highest BCUT2D eigenvalue weighted by molar-refractivity contribution is 6.02. The Hall–Kier alpha value is -1.19. The van der Waals surface area contributed by atoms with Gasteiger partial charge in [0.2, 0.25) is 0 Å². The molecule has 0 aromatic carbocycles. The molecule has 4 heteroatoms. The third-order valence-corrected chi connectivity index (χ3v) is 7.07. The van der Waals surface area contributed by atoms with Crippen molar-refractivity contribution in [1.29, 1.82) is 0 Å². The maximum Gasteiger partial charge on any atom is 0.302 e. The van der Waals surface area contributed by atoms with E-state index in [0.717, 1.165) is 51.4 Å². The first kappa shape index (κ1) is 29.8. The summed E-state index contributed by atoms with van der Waals surface area (Å²) in [4.78, 5) is 36.0. The number of unbranched alkanes of at least 4 members (excludes halogenated alkanes) is 11. The Morgan fingerprint density at radius 1 is 0.667 bits per heavy atom. The molecule has 0 aromatic heterocycles. The second kappa shape index (κ2) is 21.4. The molecule has 0 heterocycles. The van der Waals surface area contributed by atoms with Gasteiger partial charge in [-0.15, -0.1) is 0 Å². The largest absolute Gasteiger partial charge is 0.466 e. The van der Waals surface area contributed by atoms with E-state index in [0.29, 0.717) is 19.4 Å². The molecule has 0 bridgehead atoms. The highest BCUT2D eigenvalue weighted by atomic mass is 16.5. The van der Waals surface area contributed by atoms with Crippen molar-refractivity contribution in [2.75, 3.05) is 6.61 Å². The summed E-state index contributed by atoms with van der Waals surface area (Å²) in [5.41, 5.74) is 0. The molecule has 0 radical (unpaired) electrons. The third-order valence-electron chi connectivity index (χ3n) is 7.07. The molecule has 1 rings (SSSR count). The highest BCUT2D eigenvalue weighted by Gasteiger charge is 2.24. The molecule has 1 unspecified atom stereocenters. The zero-order chi connectivity index (χ0) is 24.0. The Morgan fingerprint density at radius 2 is 1.12 bits per heavy atom. The second-order valence-electron chi connectivity index (χ2n) is 10.2. The number of hydrogen-bond donors (Lipinski definition) is 0. The van der Waals surface area contributed by atoms with Crippen LogP contribution in [0.4, 0.5) is 0 Å². The fourth-order valence-electron chi connectivity index (χ4n) is 4.94. The van der Waals surface area contributed by atoms with Gasteiger partial charge < -0.3 is 4.74 Å². The van der Waals surface area contributed by atoms with Crippen LogP contribution in [0.25, 0.3) is 0 Å². The molecule has 0 aromatic rings. The number of carbonyl (C=O) groups excluding carboxylic acids is 3. The van der Waals surface area contributed by atoms with Crippen molar-refractivity contribution in [3.8, 4) is 0 Å². The fraction of sp³-hybridized carbons (Fsp3) is 0.897. The average Bonchev–Trinajstić information content (AvgIpc) is 2.78. The van der Waals surface area contributed by atoms with E-state index in [9.17, 15) is 14.4 Å². The predicted molar refractivity (Wildman–Crippen MR) is 136 cm³/mol. The van der Waals surface area contributed by atoms with Crippen molar-refractivity contribution in [2.24, 2.45) is 5.92 Å². The molecule has 0 saturated heterocycles. The van der Waals surface area contributed by atoms with Gasteiger partial charge in [0.25, 0.3) is 0 Å². The van der Waals surface area contributed by atoms with Crippen LogP contribution in [-0.4, -0.2) is 24.1 Å². The molecule has 1 fully saturated rings. The Balaban J connectivity index is 1.99. The monoisotopic (exact) mass is 464 g/mol. The normalized spacial score (nSPS) is 18.3. The van der Waals surface area contributed by atoms with Gasteiger partial charge in [0.1, 0.15) is 11.6 Å². The summed E-state index contributed by atoms with van der Waals surface area (Å²) >= 11 is 0. The summed E-state index contributed by atoms with van der Waals surface area (Å²) in [6.45, 7) is 2.03. The Labute approximate surface area is 204 Å². The van der Waals surface area contributed by atoms with E-state index in [1.807, 2.05) is 0 Å². The maximum absolute atomic E-state index is 12.7. The van der Waals surface area contributed by atoms with Gasteiger partial charge in [-0.05, 0) is 25.7 Å². The van der Waals surface area contributed by atoms with E-state index in [1.54, 1.807) is 0 Å². The summed E-state index contributed by atoms with van der Waals surface area (Å²) in [6, 6.07) is 0. The van der Waals surface area contributed by atoms with Gasteiger partial charge in [0.15, 0.2) is 0 Å². The van der Waals surface area contributed by atoms with Crippen molar-refractivity contribution in [2.45, 2.75) is 155 Å². The molecular weight excluding hydrogens is 412 g/mol. The molecular formula is C29H52O4. The van der Waals surface area contributed by atoms with Crippen molar-refractivity contribution >= 4 is 17.5 Å². The van der Waals surface area contributed by atoms with E-state index in [-0.39, 0.29) is 23.5 Å². The van der Waals surface area contributed by atoms with Crippen molar-refractivity contribution in [3.05, 3.63) is 0 Å². The summed E-state index contributed by atoms with van der Waals surface area (Å²) in [5, 5.41) is 0. The van der Waals surface area contributed by atoms with Gasteiger partial charge in [-0.1, -0.05) is 109 Å². The van der Waals surface area contributed by atoms with Gasteiger partial charge in [0, 0.05) is 19.8 Å². The number of hydrogen-bond acceptors (Lipinski definition) is 4. The molecule has 1 saturated carbocycles. The lowest BCUT2D eigenvalue weighted by Crippen LogP contribution is -2.24. The minimum absolute atomic E-state index is 0.178. The number of ketones is 2. The van der Waals surface area contributed by atoms with E-state index in [4.69, 9.17) is 4.74 Å². The van der Waals surface area contributed by atoms with Crippen molar-refractivity contribution < 1.29 is 19.1 Å². The lowest BCUT2D eigenvalue weighted by molar-refractivity contribution is -0.141. The van der Waals surface area contributed by atoms with Crippen LogP contribution in [-0.2, 0) is 19.1 Å². The van der Waals surface area contributed by atoms with E-state index in [1.165, 1.54) is 90.4 Å². The molecule has 1 atom stereocenters. The van der Waals surface area contributed by atoms with Crippen LogP contribution in [0.2, 0.25) is 0 Å². The van der Waals surface area contributed by atoms with Gasteiger partial charge >= 0.3 is 5.97 Å². The molecule has 0 spiro atoms. The fourth-order valence-corrected chi connectivity index (χ4v) is 4.94. The zero-order valence-electron chi connectivity index (χ0n) is 21.7. The van der Waals surface area contributed by atoms with Crippen LogP contribution < -0.4 is 0 Å². The lowest BCUT2D eigenvalue weighted by atomic mass is 9.87. The number of carbonyl (C=O) groups is 3. The molecule has 192 valence electrons. The predicted octanol–water partition coefficient (Wildman–Crippen LogP) is 8.29.